The fraction of sp³-hybridized carbons (Fsp3) is 0.286. The van der Waals surface area contributed by atoms with Crippen molar-refractivity contribution in [1.82, 2.24) is 15.3 Å². The summed E-state index contributed by atoms with van der Waals surface area (Å²) in [5.41, 5.74) is 0.0157. The van der Waals surface area contributed by atoms with Gasteiger partial charge in [0.05, 0.1) is 18.1 Å². The van der Waals surface area contributed by atoms with Crippen LogP contribution in [0.3, 0.4) is 0 Å². The summed E-state index contributed by atoms with van der Waals surface area (Å²) < 4.78 is 21.2. The first-order valence-electron chi connectivity index (χ1n) is 4.15. The van der Waals surface area contributed by atoms with Crippen LogP contribution in [0, 0.1) is 0 Å². The Balaban J connectivity index is 2.54. The highest BCUT2D eigenvalue weighted by Crippen LogP contribution is 2.01. The predicted molar refractivity (Wildman–Crippen MR) is 57.3 cm³/mol. The van der Waals surface area contributed by atoms with Gasteiger partial charge in [-0.15, -0.1) is 0 Å². The summed E-state index contributed by atoms with van der Waals surface area (Å²) >= 11 is 5.53. The van der Waals surface area contributed by atoms with Gasteiger partial charge in [-0.3, -0.25) is 9.78 Å². The lowest BCUT2D eigenvalue weighted by atomic mass is 10.4. The molecule has 0 saturated heterocycles. The summed E-state index contributed by atoms with van der Waals surface area (Å²) in [5.74, 6) is -0.897. The summed E-state index contributed by atoms with van der Waals surface area (Å²) in [7, 11) is -3.59. The molecule has 9 heteroatoms. The molecule has 0 bridgehead atoms. The minimum absolute atomic E-state index is 0.0157. The topological polar surface area (TPSA) is 115 Å². The van der Waals surface area contributed by atoms with Gasteiger partial charge in [0.25, 0.3) is 5.91 Å². The molecule has 16 heavy (non-hydrogen) atoms. The van der Waals surface area contributed by atoms with E-state index >= 15 is 0 Å². The molecule has 1 heterocycles. The van der Waals surface area contributed by atoms with Gasteiger partial charge >= 0.3 is 0 Å². The Morgan fingerprint density at radius 2 is 2.19 bits per heavy atom. The van der Waals surface area contributed by atoms with Crippen LogP contribution < -0.4 is 10.5 Å². The minimum atomic E-state index is -3.59. The SMILES string of the molecule is NS(=O)(=O)CCNC(=O)c1cncc(Cl)n1. The van der Waals surface area contributed by atoms with Crippen LogP contribution in [0.2, 0.25) is 5.15 Å². The molecule has 88 valence electrons. The Labute approximate surface area is 97.1 Å². The van der Waals surface area contributed by atoms with Crippen molar-refractivity contribution in [3.8, 4) is 0 Å². The average Bonchev–Trinajstić information content (AvgIpc) is 2.15. The highest BCUT2D eigenvalue weighted by Gasteiger charge is 2.09. The molecule has 0 atom stereocenters. The average molecular weight is 265 g/mol. The first-order valence-corrected chi connectivity index (χ1v) is 6.24. The molecule has 0 aliphatic heterocycles. The van der Waals surface area contributed by atoms with Crippen molar-refractivity contribution in [2.24, 2.45) is 5.14 Å². The number of halogens is 1. The Morgan fingerprint density at radius 1 is 1.50 bits per heavy atom. The maximum Gasteiger partial charge on any atom is 0.271 e. The number of sulfonamides is 1. The van der Waals surface area contributed by atoms with Crippen molar-refractivity contribution in [1.29, 1.82) is 0 Å². The van der Waals surface area contributed by atoms with Crippen LogP contribution in [0.15, 0.2) is 12.4 Å². The Hall–Kier alpha value is -1.25. The Kier molecular flexibility index (Phi) is 4.16. The van der Waals surface area contributed by atoms with Crippen molar-refractivity contribution >= 4 is 27.5 Å². The van der Waals surface area contributed by atoms with Gasteiger partial charge in [0.1, 0.15) is 10.8 Å². The van der Waals surface area contributed by atoms with Gasteiger partial charge in [-0.2, -0.15) is 0 Å². The standard InChI is InChI=1S/C7H9ClN4O3S/c8-6-4-10-3-5(12-6)7(13)11-1-2-16(9,14)15/h3-4H,1-2H2,(H,11,13)(H2,9,14,15). The number of hydrogen-bond donors (Lipinski definition) is 2. The van der Waals surface area contributed by atoms with E-state index in [2.05, 4.69) is 15.3 Å². The van der Waals surface area contributed by atoms with Gasteiger partial charge < -0.3 is 5.32 Å². The van der Waals surface area contributed by atoms with E-state index in [0.717, 1.165) is 0 Å². The normalized spacial score (nSPS) is 11.1. The lowest BCUT2D eigenvalue weighted by molar-refractivity contribution is 0.0951. The number of aromatic nitrogens is 2. The van der Waals surface area contributed by atoms with Crippen LogP contribution in [0.5, 0.6) is 0 Å². The third-order valence-corrected chi connectivity index (χ3v) is 2.47. The van der Waals surface area contributed by atoms with Crippen LogP contribution in [-0.4, -0.2) is 36.6 Å². The summed E-state index contributed by atoms with van der Waals surface area (Å²) in [6.45, 7) is -0.0914. The number of amides is 1. The molecular formula is C7H9ClN4O3S. The van der Waals surface area contributed by atoms with E-state index in [1.54, 1.807) is 0 Å². The van der Waals surface area contributed by atoms with E-state index in [9.17, 15) is 13.2 Å². The summed E-state index contributed by atoms with van der Waals surface area (Å²) in [6.07, 6.45) is 2.50. The molecule has 1 rings (SSSR count). The lowest BCUT2D eigenvalue weighted by Gasteiger charge is -2.03. The van der Waals surface area contributed by atoms with E-state index in [1.807, 2.05) is 0 Å². The highest BCUT2D eigenvalue weighted by atomic mass is 35.5. The van der Waals surface area contributed by atoms with E-state index in [-0.39, 0.29) is 23.1 Å². The second-order valence-corrected chi connectivity index (χ2v) is 4.97. The van der Waals surface area contributed by atoms with Crippen LogP contribution in [0.1, 0.15) is 10.5 Å². The third-order valence-electron chi connectivity index (χ3n) is 1.51. The maximum absolute atomic E-state index is 11.4. The van der Waals surface area contributed by atoms with Crippen LogP contribution >= 0.6 is 11.6 Å². The number of nitrogens with one attached hydrogen (secondary N) is 1. The fourth-order valence-corrected chi connectivity index (χ4v) is 1.38. The van der Waals surface area contributed by atoms with E-state index in [1.165, 1.54) is 12.4 Å². The molecule has 0 aliphatic rings. The second kappa shape index (κ2) is 5.19. The summed E-state index contributed by atoms with van der Waals surface area (Å²) in [6, 6.07) is 0. The molecular weight excluding hydrogens is 256 g/mol. The molecule has 3 N–H and O–H groups in total. The fourth-order valence-electron chi connectivity index (χ4n) is 0.849. The van der Waals surface area contributed by atoms with Crippen LogP contribution in [-0.2, 0) is 10.0 Å². The highest BCUT2D eigenvalue weighted by molar-refractivity contribution is 7.89. The van der Waals surface area contributed by atoms with Gasteiger partial charge in [-0.1, -0.05) is 11.6 Å². The zero-order chi connectivity index (χ0) is 12.2. The molecule has 0 aromatic carbocycles. The number of carbonyl (C=O) groups is 1. The molecule has 0 fully saturated rings. The number of hydrogen-bond acceptors (Lipinski definition) is 5. The number of primary sulfonamides is 1. The van der Waals surface area contributed by atoms with Gasteiger partial charge in [0, 0.05) is 6.54 Å². The van der Waals surface area contributed by atoms with Gasteiger partial charge in [-0.25, -0.2) is 18.5 Å². The van der Waals surface area contributed by atoms with E-state index in [4.69, 9.17) is 16.7 Å². The molecule has 0 saturated carbocycles. The lowest BCUT2D eigenvalue weighted by Crippen LogP contribution is -2.32. The third kappa shape index (κ3) is 4.51. The van der Waals surface area contributed by atoms with Crippen molar-refractivity contribution in [2.75, 3.05) is 12.3 Å². The van der Waals surface area contributed by atoms with Gasteiger partial charge in [0.15, 0.2) is 0 Å². The molecule has 0 unspecified atom stereocenters. The molecule has 1 aromatic heterocycles. The summed E-state index contributed by atoms with van der Waals surface area (Å²) in [4.78, 5) is 18.7. The van der Waals surface area contributed by atoms with Crippen LogP contribution in [0.25, 0.3) is 0 Å². The number of nitrogens with two attached hydrogens (primary N) is 1. The van der Waals surface area contributed by atoms with Gasteiger partial charge in [0.2, 0.25) is 10.0 Å². The van der Waals surface area contributed by atoms with Crippen molar-refractivity contribution < 1.29 is 13.2 Å². The zero-order valence-electron chi connectivity index (χ0n) is 8.05. The summed E-state index contributed by atoms with van der Waals surface area (Å²) in [5, 5.41) is 7.16. The smallest absolute Gasteiger partial charge is 0.271 e. The molecule has 0 radical (unpaired) electrons. The first kappa shape index (κ1) is 12.8. The second-order valence-electron chi connectivity index (χ2n) is 2.85. The molecule has 1 aromatic rings. The monoisotopic (exact) mass is 264 g/mol. The molecule has 7 nitrogen and oxygen atoms in total. The van der Waals surface area contributed by atoms with Crippen molar-refractivity contribution in [3.05, 3.63) is 23.2 Å². The van der Waals surface area contributed by atoms with Crippen molar-refractivity contribution in [2.45, 2.75) is 0 Å². The Morgan fingerprint density at radius 3 is 2.75 bits per heavy atom. The Bertz CT molecular complexity index is 490. The van der Waals surface area contributed by atoms with Crippen molar-refractivity contribution in [3.63, 3.8) is 0 Å². The van der Waals surface area contributed by atoms with Crippen LogP contribution in [0.4, 0.5) is 0 Å². The van der Waals surface area contributed by atoms with E-state index < -0.39 is 15.9 Å². The zero-order valence-corrected chi connectivity index (χ0v) is 9.62. The molecule has 0 aliphatic carbocycles. The predicted octanol–water partition coefficient (Wildman–Crippen LogP) is -0.852. The van der Waals surface area contributed by atoms with Gasteiger partial charge in [-0.05, 0) is 0 Å². The molecule has 1 amide bonds. The minimum Gasteiger partial charge on any atom is -0.350 e. The van der Waals surface area contributed by atoms with E-state index in [0.29, 0.717) is 0 Å². The first-order chi connectivity index (χ1) is 7.38. The number of carbonyl (C=O) groups excluding carboxylic acids is 1. The number of nitrogens with zero attached hydrogens (tertiary/aromatic N) is 2. The number of rotatable bonds is 4. The molecule has 0 spiro atoms. The largest absolute Gasteiger partial charge is 0.350 e. The maximum atomic E-state index is 11.4. The quantitative estimate of drug-likeness (QED) is 0.735.